The summed E-state index contributed by atoms with van der Waals surface area (Å²) in [5.41, 5.74) is 4.63. The van der Waals surface area contributed by atoms with Gasteiger partial charge in [0.25, 0.3) is 0 Å². The molecule has 2 amide bonds. The molecular weight excluding hydrogens is 473 g/mol. The number of amides is 2. The lowest BCUT2D eigenvalue weighted by Gasteiger charge is -2.37. The van der Waals surface area contributed by atoms with Crippen molar-refractivity contribution in [3.8, 4) is 0 Å². The Morgan fingerprint density at radius 2 is 1.61 bits per heavy atom. The Kier molecular flexibility index (Phi) is 7.48. The number of nitrogens with zero attached hydrogens (tertiary/aromatic N) is 3. The van der Waals surface area contributed by atoms with E-state index < -0.39 is 0 Å². The molecule has 1 fully saturated rings. The van der Waals surface area contributed by atoms with Crippen LogP contribution in [0.3, 0.4) is 0 Å². The summed E-state index contributed by atoms with van der Waals surface area (Å²) in [6.45, 7) is 5.74. The first-order valence-corrected chi connectivity index (χ1v) is 13.5. The fraction of sp³-hybridized carbons (Fsp3) is 0.379. The summed E-state index contributed by atoms with van der Waals surface area (Å²) in [6, 6.07) is 16.8. The third kappa shape index (κ3) is 5.37. The maximum Gasteiger partial charge on any atom is 0.236 e. The van der Waals surface area contributed by atoms with E-state index >= 15 is 0 Å². The van der Waals surface area contributed by atoms with E-state index in [1.807, 2.05) is 21.1 Å². The van der Waals surface area contributed by atoms with Crippen LogP contribution < -0.4 is 0 Å². The smallest absolute Gasteiger partial charge is 0.236 e. The van der Waals surface area contributed by atoms with Gasteiger partial charge in [0.2, 0.25) is 11.8 Å². The largest absolute Gasteiger partial charge is 0.341 e. The third-order valence-electron chi connectivity index (χ3n) is 7.36. The third-order valence-corrected chi connectivity index (χ3v) is 8.35. The van der Waals surface area contributed by atoms with Gasteiger partial charge in [-0.1, -0.05) is 36.4 Å². The molecule has 2 aliphatic heterocycles. The molecule has 5 rings (SSSR count). The Morgan fingerprint density at radius 3 is 2.36 bits per heavy atom. The van der Waals surface area contributed by atoms with E-state index in [0.29, 0.717) is 32.7 Å². The number of hydrogen-bond donors (Lipinski definition) is 0. The van der Waals surface area contributed by atoms with Crippen LogP contribution in [0.25, 0.3) is 0 Å². The summed E-state index contributed by atoms with van der Waals surface area (Å²) in [4.78, 5) is 33.8. The molecule has 2 aromatic carbocycles. The van der Waals surface area contributed by atoms with Gasteiger partial charge >= 0.3 is 0 Å². The highest BCUT2D eigenvalue weighted by atomic mass is 32.1. The molecule has 0 aliphatic carbocycles. The zero-order chi connectivity index (χ0) is 25.1. The van der Waals surface area contributed by atoms with Crippen molar-refractivity contribution in [2.75, 3.05) is 39.3 Å². The number of rotatable bonds is 5. The van der Waals surface area contributed by atoms with Gasteiger partial charge in [-0.15, -0.1) is 11.3 Å². The van der Waals surface area contributed by atoms with Gasteiger partial charge in [0.05, 0.1) is 19.0 Å². The average molecular weight is 506 g/mol. The predicted octanol–water partition coefficient (Wildman–Crippen LogP) is 4.45. The van der Waals surface area contributed by atoms with Crippen LogP contribution in [0, 0.1) is 12.7 Å². The lowest BCUT2D eigenvalue weighted by Crippen LogP contribution is -2.45. The van der Waals surface area contributed by atoms with Gasteiger partial charge in [-0.3, -0.25) is 14.5 Å². The molecule has 0 saturated carbocycles. The molecular formula is C29H32FN3O2S. The van der Waals surface area contributed by atoms with Crippen molar-refractivity contribution in [1.29, 1.82) is 0 Å². The molecule has 3 heterocycles. The average Bonchev–Trinajstić information content (AvgIpc) is 3.21. The van der Waals surface area contributed by atoms with Crippen LogP contribution in [0.5, 0.6) is 0 Å². The van der Waals surface area contributed by atoms with Crippen molar-refractivity contribution in [3.63, 3.8) is 0 Å². The number of carbonyl (C=O) groups is 2. The van der Waals surface area contributed by atoms with Crippen LogP contribution in [0.2, 0.25) is 0 Å². The minimum atomic E-state index is -0.302. The van der Waals surface area contributed by atoms with Crippen molar-refractivity contribution in [3.05, 3.63) is 92.9 Å². The highest BCUT2D eigenvalue weighted by Gasteiger charge is 2.33. The molecule has 1 unspecified atom stereocenters. The maximum atomic E-state index is 13.5. The first-order valence-electron chi connectivity index (χ1n) is 12.7. The Labute approximate surface area is 216 Å². The summed E-state index contributed by atoms with van der Waals surface area (Å²) in [6.07, 6.45) is 1.98. The first-order chi connectivity index (χ1) is 17.5. The molecule has 7 heteroatoms. The lowest BCUT2D eigenvalue weighted by molar-refractivity contribution is -0.134. The molecule has 3 aromatic rings. The Bertz CT molecular complexity index is 1230. The van der Waals surface area contributed by atoms with Crippen LogP contribution in [0.15, 0.2) is 60.0 Å². The van der Waals surface area contributed by atoms with E-state index in [0.717, 1.165) is 24.9 Å². The van der Waals surface area contributed by atoms with E-state index in [-0.39, 0.29) is 30.1 Å². The second-order valence-corrected chi connectivity index (χ2v) is 10.7. The Balaban J connectivity index is 1.24. The predicted molar refractivity (Wildman–Crippen MR) is 140 cm³/mol. The second-order valence-electron chi connectivity index (χ2n) is 9.70. The van der Waals surface area contributed by atoms with Crippen LogP contribution >= 0.6 is 11.3 Å². The monoisotopic (exact) mass is 505 g/mol. The molecule has 0 spiro atoms. The number of fused-ring (bicyclic) bond motifs is 1. The van der Waals surface area contributed by atoms with E-state index in [9.17, 15) is 14.0 Å². The minimum absolute atomic E-state index is 0.0246. The molecule has 1 aromatic heterocycles. The topological polar surface area (TPSA) is 43.9 Å². The molecule has 2 aliphatic rings. The van der Waals surface area contributed by atoms with Gasteiger partial charge in [-0.2, -0.15) is 0 Å². The number of aryl methyl sites for hydroxylation is 1. The number of halogens is 1. The summed E-state index contributed by atoms with van der Waals surface area (Å²) < 4.78 is 13.2. The lowest BCUT2D eigenvalue weighted by atomic mass is 9.90. The fourth-order valence-corrected chi connectivity index (χ4v) is 6.28. The van der Waals surface area contributed by atoms with Crippen LogP contribution in [0.4, 0.5) is 4.39 Å². The van der Waals surface area contributed by atoms with E-state index in [1.165, 1.54) is 33.7 Å². The molecule has 0 radical (unpaired) electrons. The maximum absolute atomic E-state index is 13.5. The summed E-state index contributed by atoms with van der Waals surface area (Å²) in [5, 5.41) is 2.16. The fourth-order valence-electron chi connectivity index (χ4n) is 5.38. The molecule has 36 heavy (non-hydrogen) atoms. The minimum Gasteiger partial charge on any atom is -0.341 e. The number of benzene rings is 2. The van der Waals surface area contributed by atoms with Gasteiger partial charge in [0.1, 0.15) is 5.82 Å². The van der Waals surface area contributed by atoms with Crippen LogP contribution in [-0.4, -0.2) is 65.8 Å². The summed E-state index contributed by atoms with van der Waals surface area (Å²) >= 11 is 1.81. The van der Waals surface area contributed by atoms with E-state index in [1.54, 1.807) is 12.1 Å². The van der Waals surface area contributed by atoms with E-state index in [2.05, 4.69) is 47.5 Å². The summed E-state index contributed by atoms with van der Waals surface area (Å²) in [5.74, 6) is -0.152. The molecule has 188 valence electrons. The van der Waals surface area contributed by atoms with Crippen molar-refractivity contribution in [2.24, 2.45) is 0 Å². The van der Waals surface area contributed by atoms with Crippen molar-refractivity contribution in [2.45, 2.75) is 32.2 Å². The van der Waals surface area contributed by atoms with Crippen LogP contribution in [-0.2, 0) is 22.4 Å². The molecule has 1 atom stereocenters. The highest BCUT2D eigenvalue weighted by molar-refractivity contribution is 7.10. The molecule has 0 bridgehead atoms. The Morgan fingerprint density at radius 1 is 0.889 bits per heavy atom. The number of thiophene rings is 1. The quantitative estimate of drug-likeness (QED) is 0.515. The highest BCUT2D eigenvalue weighted by Crippen LogP contribution is 2.38. The van der Waals surface area contributed by atoms with Gasteiger partial charge < -0.3 is 9.80 Å². The zero-order valence-corrected chi connectivity index (χ0v) is 21.5. The van der Waals surface area contributed by atoms with Crippen LogP contribution in [0.1, 0.15) is 39.6 Å². The number of hydrogen-bond acceptors (Lipinski definition) is 4. The second kappa shape index (κ2) is 10.9. The standard InChI is InChI=1S/C29H32FN3O2S/c1-21-5-2-3-6-24(21)29-25-12-18-36-26(25)11-15-33(29)20-28(35)32-14-4-13-31(16-17-32)27(34)19-22-7-9-23(30)10-8-22/h2-3,5-10,12,18,29H,4,11,13-17,19-20H2,1H3. The SMILES string of the molecule is Cc1ccccc1C1c2ccsc2CCN1CC(=O)N1CCCN(C(=O)Cc2ccc(F)cc2)CC1. The zero-order valence-electron chi connectivity index (χ0n) is 20.7. The molecule has 1 saturated heterocycles. The van der Waals surface area contributed by atoms with Crippen molar-refractivity contribution >= 4 is 23.2 Å². The normalized spacial score (nSPS) is 18.6. The van der Waals surface area contributed by atoms with Gasteiger partial charge in [0.15, 0.2) is 0 Å². The van der Waals surface area contributed by atoms with Gasteiger partial charge in [-0.05, 0) is 65.6 Å². The number of carbonyl (C=O) groups excluding carboxylic acids is 2. The Hall–Kier alpha value is -3.03. The van der Waals surface area contributed by atoms with E-state index in [4.69, 9.17) is 0 Å². The van der Waals surface area contributed by atoms with Gasteiger partial charge in [0, 0.05) is 37.6 Å². The summed E-state index contributed by atoms with van der Waals surface area (Å²) in [7, 11) is 0. The molecule has 5 nitrogen and oxygen atoms in total. The molecule has 0 N–H and O–H groups in total. The van der Waals surface area contributed by atoms with Gasteiger partial charge in [-0.25, -0.2) is 4.39 Å². The first kappa shape index (κ1) is 24.7. The van der Waals surface area contributed by atoms with Crippen molar-refractivity contribution < 1.29 is 14.0 Å². The van der Waals surface area contributed by atoms with Crippen molar-refractivity contribution in [1.82, 2.24) is 14.7 Å².